The Balaban J connectivity index is 2.69. The second kappa shape index (κ2) is 4.04. The van der Waals surface area contributed by atoms with E-state index in [0.717, 1.165) is 15.8 Å². The van der Waals surface area contributed by atoms with Gasteiger partial charge in [0.05, 0.1) is 3.79 Å². The first-order valence-electron chi connectivity index (χ1n) is 3.37. The molecule has 0 aromatic carbocycles. The van der Waals surface area contributed by atoms with Crippen LogP contribution in [0, 0.1) is 0 Å². The summed E-state index contributed by atoms with van der Waals surface area (Å²) in [5.74, 6) is 0. The fourth-order valence-electron chi connectivity index (χ4n) is 0.802. The maximum Gasteiger partial charge on any atom is 0.0704 e. The highest BCUT2D eigenvalue weighted by atomic mass is 79.9. The molecule has 1 aromatic rings. The lowest BCUT2D eigenvalue weighted by Crippen LogP contribution is -1.98. The molecular formula is C8H10BrNS. The van der Waals surface area contributed by atoms with E-state index in [-0.39, 0.29) is 0 Å². The number of thiophene rings is 1. The standard InChI is InChI=1S/C8H10BrNS/c1-6(4-5-10)7-2-3-8(9)11-7/h2-3H,1,4-5,10H2. The molecule has 0 saturated heterocycles. The van der Waals surface area contributed by atoms with Crippen LogP contribution in [0.25, 0.3) is 5.57 Å². The summed E-state index contributed by atoms with van der Waals surface area (Å²) >= 11 is 5.10. The van der Waals surface area contributed by atoms with Gasteiger partial charge in [0.2, 0.25) is 0 Å². The zero-order chi connectivity index (χ0) is 8.27. The molecule has 0 atom stereocenters. The molecule has 0 unspecified atom stereocenters. The predicted octanol–water partition coefficient (Wildman–Crippen LogP) is 2.87. The van der Waals surface area contributed by atoms with Gasteiger partial charge < -0.3 is 5.73 Å². The molecule has 0 aliphatic carbocycles. The monoisotopic (exact) mass is 231 g/mol. The van der Waals surface area contributed by atoms with Gasteiger partial charge in [0.15, 0.2) is 0 Å². The molecule has 0 fully saturated rings. The van der Waals surface area contributed by atoms with Gasteiger partial charge in [-0.15, -0.1) is 11.3 Å². The van der Waals surface area contributed by atoms with Crippen molar-refractivity contribution in [3.63, 3.8) is 0 Å². The number of hydrogen-bond donors (Lipinski definition) is 1. The average molecular weight is 232 g/mol. The molecule has 0 aliphatic heterocycles. The summed E-state index contributed by atoms with van der Waals surface area (Å²) in [6, 6.07) is 4.09. The van der Waals surface area contributed by atoms with Crippen LogP contribution < -0.4 is 5.73 Å². The van der Waals surface area contributed by atoms with E-state index in [0.29, 0.717) is 6.54 Å². The average Bonchev–Trinajstić information content (AvgIpc) is 2.36. The molecule has 1 nitrogen and oxygen atoms in total. The van der Waals surface area contributed by atoms with Gasteiger partial charge in [-0.3, -0.25) is 0 Å². The number of rotatable bonds is 3. The van der Waals surface area contributed by atoms with Crippen LogP contribution in [0.4, 0.5) is 0 Å². The van der Waals surface area contributed by atoms with Crippen molar-refractivity contribution in [3.8, 4) is 0 Å². The molecule has 0 bridgehead atoms. The van der Waals surface area contributed by atoms with Crippen molar-refractivity contribution in [2.45, 2.75) is 6.42 Å². The van der Waals surface area contributed by atoms with Gasteiger partial charge in [0.1, 0.15) is 0 Å². The summed E-state index contributed by atoms with van der Waals surface area (Å²) in [6.45, 7) is 4.61. The summed E-state index contributed by atoms with van der Waals surface area (Å²) in [6.07, 6.45) is 0.882. The first-order chi connectivity index (χ1) is 5.24. The Labute approximate surface area is 79.0 Å². The Morgan fingerprint density at radius 3 is 2.82 bits per heavy atom. The van der Waals surface area contributed by atoms with Crippen molar-refractivity contribution >= 4 is 32.8 Å². The molecular weight excluding hydrogens is 222 g/mol. The van der Waals surface area contributed by atoms with E-state index in [2.05, 4.69) is 28.6 Å². The normalized spacial score (nSPS) is 10.0. The maximum atomic E-state index is 5.41. The molecule has 0 saturated carbocycles. The Bertz CT molecular complexity index is 254. The zero-order valence-corrected chi connectivity index (χ0v) is 8.54. The summed E-state index contributed by atoms with van der Waals surface area (Å²) in [7, 11) is 0. The molecule has 1 heterocycles. The Morgan fingerprint density at radius 1 is 1.64 bits per heavy atom. The summed E-state index contributed by atoms with van der Waals surface area (Å²) < 4.78 is 1.14. The van der Waals surface area contributed by atoms with Crippen LogP contribution in [-0.2, 0) is 0 Å². The van der Waals surface area contributed by atoms with Crippen LogP contribution in [0.3, 0.4) is 0 Å². The third kappa shape index (κ3) is 2.43. The van der Waals surface area contributed by atoms with Crippen molar-refractivity contribution in [2.75, 3.05) is 6.54 Å². The van der Waals surface area contributed by atoms with E-state index in [4.69, 9.17) is 5.73 Å². The van der Waals surface area contributed by atoms with Crippen LogP contribution in [-0.4, -0.2) is 6.54 Å². The van der Waals surface area contributed by atoms with E-state index in [9.17, 15) is 0 Å². The molecule has 60 valence electrons. The highest BCUT2D eigenvalue weighted by Gasteiger charge is 2.00. The lowest BCUT2D eigenvalue weighted by atomic mass is 10.2. The topological polar surface area (TPSA) is 26.0 Å². The third-order valence-electron chi connectivity index (χ3n) is 1.37. The predicted molar refractivity (Wildman–Crippen MR) is 54.7 cm³/mol. The van der Waals surface area contributed by atoms with E-state index < -0.39 is 0 Å². The molecule has 11 heavy (non-hydrogen) atoms. The molecule has 1 rings (SSSR count). The van der Waals surface area contributed by atoms with Gasteiger partial charge in [-0.1, -0.05) is 6.58 Å². The lowest BCUT2D eigenvalue weighted by molar-refractivity contribution is 1.03. The SMILES string of the molecule is C=C(CCN)c1ccc(Br)s1. The number of nitrogens with two attached hydrogens (primary N) is 1. The Hall–Kier alpha value is -0.120. The second-order valence-electron chi connectivity index (χ2n) is 2.25. The van der Waals surface area contributed by atoms with Crippen LogP contribution in [0.15, 0.2) is 22.5 Å². The minimum atomic E-state index is 0.675. The fraction of sp³-hybridized carbons (Fsp3) is 0.250. The molecule has 1 aromatic heterocycles. The Kier molecular flexibility index (Phi) is 3.30. The van der Waals surface area contributed by atoms with Crippen molar-refractivity contribution < 1.29 is 0 Å². The second-order valence-corrected chi connectivity index (χ2v) is 4.71. The van der Waals surface area contributed by atoms with E-state index in [1.165, 1.54) is 4.88 Å². The number of halogens is 1. The highest BCUT2D eigenvalue weighted by molar-refractivity contribution is 9.11. The first-order valence-corrected chi connectivity index (χ1v) is 4.98. The molecule has 0 spiro atoms. The lowest BCUT2D eigenvalue weighted by Gasteiger charge is -1.97. The molecule has 3 heteroatoms. The van der Waals surface area contributed by atoms with Crippen LogP contribution >= 0.6 is 27.3 Å². The van der Waals surface area contributed by atoms with Gasteiger partial charge >= 0.3 is 0 Å². The van der Waals surface area contributed by atoms with Crippen molar-refractivity contribution in [1.29, 1.82) is 0 Å². The maximum absolute atomic E-state index is 5.41. The Morgan fingerprint density at radius 2 is 2.36 bits per heavy atom. The minimum Gasteiger partial charge on any atom is -0.330 e. The summed E-state index contributed by atoms with van der Waals surface area (Å²) in [5, 5.41) is 0. The van der Waals surface area contributed by atoms with Gasteiger partial charge in [-0.25, -0.2) is 0 Å². The quantitative estimate of drug-likeness (QED) is 0.851. The van der Waals surface area contributed by atoms with E-state index >= 15 is 0 Å². The molecule has 0 amide bonds. The largest absolute Gasteiger partial charge is 0.330 e. The minimum absolute atomic E-state index is 0.675. The summed E-state index contributed by atoms with van der Waals surface area (Å²) in [4.78, 5) is 1.22. The van der Waals surface area contributed by atoms with Gasteiger partial charge in [-0.2, -0.15) is 0 Å². The molecule has 0 radical (unpaired) electrons. The first kappa shape index (κ1) is 8.97. The molecule has 2 N–H and O–H groups in total. The van der Waals surface area contributed by atoms with Crippen molar-refractivity contribution in [2.24, 2.45) is 5.73 Å². The zero-order valence-electron chi connectivity index (χ0n) is 6.14. The number of hydrogen-bond acceptors (Lipinski definition) is 2. The van der Waals surface area contributed by atoms with E-state index in [1.54, 1.807) is 11.3 Å². The van der Waals surface area contributed by atoms with Crippen LogP contribution in [0.2, 0.25) is 0 Å². The third-order valence-corrected chi connectivity index (χ3v) is 3.09. The van der Waals surface area contributed by atoms with Crippen molar-refractivity contribution in [1.82, 2.24) is 0 Å². The smallest absolute Gasteiger partial charge is 0.0704 e. The van der Waals surface area contributed by atoms with E-state index in [1.807, 2.05) is 6.07 Å². The van der Waals surface area contributed by atoms with Crippen LogP contribution in [0.5, 0.6) is 0 Å². The molecule has 0 aliphatic rings. The van der Waals surface area contributed by atoms with Crippen molar-refractivity contribution in [3.05, 3.63) is 27.4 Å². The summed E-state index contributed by atoms with van der Waals surface area (Å²) in [5.41, 5.74) is 6.53. The van der Waals surface area contributed by atoms with Gasteiger partial charge in [0, 0.05) is 4.88 Å². The van der Waals surface area contributed by atoms with Crippen LogP contribution in [0.1, 0.15) is 11.3 Å². The van der Waals surface area contributed by atoms with Gasteiger partial charge in [0.25, 0.3) is 0 Å². The fourth-order valence-corrected chi connectivity index (χ4v) is 2.19. The van der Waals surface area contributed by atoms with Gasteiger partial charge in [-0.05, 0) is 46.6 Å². The highest BCUT2D eigenvalue weighted by Crippen LogP contribution is 2.28.